The summed E-state index contributed by atoms with van der Waals surface area (Å²) in [6, 6.07) is 1.94. The maximum atomic E-state index is 12.5. The molecule has 1 fully saturated rings. The molecule has 1 aliphatic heterocycles. The summed E-state index contributed by atoms with van der Waals surface area (Å²) in [5, 5.41) is 3.33. The highest BCUT2D eigenvalue weighted by Gasteiger charge is 2.30. The number of hydrogen-bond acceptors (Lipinski definition) is 3. The highest BCUT2D eigenvalue weighted by atomic mass is 35.5. The molecule has 7 heteroatoms. The molecule has 2 unspecified atom stereocenters. The Balaban J connectivity index is 0.00000200. The topological polar surface area (TPSA) is 80.4 Å². The summed E-state index contributed by atoms with van der Waals surface area (Å²) >= 11 is 0. The summed E-state index contributed by atoms with van der Waals surface area (Å²) in [7, 11) is 1.75. The van der Waals surface area contributed by atoms with E-state index in [0.29, 0.717) is 17.8 Å². The van der Waals surface area contributed by atoms with Gasteiger partial charge in [0.2, 0.25) is 5.91 Å². The van der Waals surface area contributed by atoms with Gasteiger partial charge in [-0.05, 0) is 19.9 Å². The monoisotopic (exact) mass is 300 g/mol. The second-order valence-electron chi connectivity index (χ2n) is 5.07. The molecule has 0 bridgehead atoms. The number of rotatable bonds is 2. The predicted molar refractivity (Wildman–Crippen MR) is 79.1 cm³/mol. The van der Waals surface area contributed by atoms with Crippen LogP contribution in [0.1, 0.15) is 34.7 Å². The van der Waals surface area contributed by atoms with Gasteiger partial charge in [-0.3, -0.25) is 9.59 Å². The van der Waals surface area contributed by atoms with E-state index in [0.717, 1.165) is 6.54 Å². The molecule has 0 saturated carbocycles. The van der Waals surface area contributed by atoms with Crippen LogP contribution in [-0.2, 0) is 7.05 Å². The number of piperazine rings is 1. The number of aryl methyl sites for hydroxylation is 1. The SMILES string of the molecule is CC1NCCN(C(=O)c2cc(C(N)=O)cn2C)C1C.Cl. The second kappa shape index (κ2) is 6.28. The van der Waals surface area contributed by atoms with Crippen LogP contribution in [0.3, 0.4) is 0 Å². The van der Waals surface area contributed by atoms with Crippen LogP contribution in [-0.4, -0.2) is 46.5 Å². The molecule has 2 heterocycles. The first-order valence-corrected chi connectivity index (χ1v) is 6.42. The van der Waals surface area contributed by atoms with Gasteiger partial charge in [-0.1, -0.05) is 0 Å². The molecule has 0 aromatic carbocycles. The Bertz CT molecular complexity index is 514. The number of carbonyl (C=O) groups is 2. The smallest absolute Gasteiger partial charge is 0.270 e. The second-order valence-corrected chi connectivity index (χ2v) is 5.07. The third kappa shape index (κ3) is 2.96. The van der Waals surface area contributed by atoms with Crippen LogP contribution in [0, 0.1) is 0 Å². The molecule has 2 atom stereocenters. The normalized spacial score (nSPS) is 22.2. The van der Waals surface area contributed by atoms with E-state index < -0.39 is 5.91 Å². The first-order valence-electron chi connectivity index (χ1n) is 6.42. The highest BCUT2D eigenvalue weighted by molar-refractivity contribution is 5.98. The molecule has 0 aliphatic carbocycles. The quantitative estimate of drug-likeness (QED) is 0.828. The fourth-order valence-electron chi connectivity index (χ4n) is 2.40. The number of primary amides is 1. The van der Waals surface area contributed by atoms with Crippen molar-refractivity contribution in [1.82, 2.24) is 14.8 Å². The van der Waals surface area contributed by atoms with E-state index in [1.807, 2.05) is 11.8 Å². The molecule has 2 rings (SSSR count). The Morgan fingerprint density at radius 2 is 2.05 bits per heavy atom. The average molecular weight is 301 g/mol. The van der Waals surface area contributed by atoms with Crippen molar-refractivity contribution in [2.24, 2.45) is 12.8 Å². The van der Waals surface area contributed by atoms with E-state index in [1.165, 1.54) is 0 Å². The molecule has 1 aromatic heterocycles. The average Bonchev–Trinajstić information content (AvgIpc) is 2.74. The van der Waals surface area contributed by atoms with Crippen molar-refractivity contribution in [2.75, 3.05) is 13.1 Å². The minimum Gasteiger partial charge on any atom is -0.366 e. The summed E-state index contributed by atoms with van der Waals surface area (Å²) in [6.07, 6.45) is 1.59. The van der Waals surface area contributed by atoms with E-state index >= 15 is 0 Å². The van der Waals surface area contributed by atoms with E-state index in [9.17, 15) is 9.59 Å². The zero-order valence-electron chi connectivity index (χ0n) is 11.9. The van der Waals surface area contributed by atoms with Crippen molar-refractivity contribution in [3.63, 3.8) is 0 Å². The summed E-state index contributed by atoms with van der Waals surface area (Å²) in [5.41, 5.74) is 6.09. The number of carbonyl (C=O) groups excluding carboxylic acids is 2. The molecule has 1 saturated heterocycles. The molecule has 0 spiro atoms. The zero-order chi connectivity index (χ0) is 14.2. The van der Waals surface area contributed by atoms with Crippen LogP contribution < -0.4 is 11.1 Å². The van der Waals surface area contributed by atoms with Gasteiger partial charge in [-0.2, -0.15) is 0 Å². The van der Waals surface area contributed by atoms with Crippen molar-refractivity contribution in [3.8, 4) is 0 Å². The van der Waals surface area contributed by atoms with Crippen LogP contribution in [0.25, 0.3) is 0 Å². The Morgan fingerprint density at radius 3 is 2.60 bits per heavy atom. The largest absolute Gasteiger partial charge is 0.366 e. The molecule has 2 amide bonds. The first kappa shape index (κ1) is 16.5. The summed E-state index contributed by atoms with van der Waals surface area (Å²) in [5.74, 6) is -0.577. The van der Waals surface area contributed by atoms with Crippen LogP contribution in [0.2, 0.25) is 0 Å². The van der Waals surface area contributed by atoms with Crippen molar-refractivity contribution in [2.45, 2.75) is 25.9 Å². The molecule has 6 nitrogen and oxygen atoms in total. The Hall–Kier alpha value is -1.53. The lowest BCUT2D eigenvalue weighted by Gasteiger charge is -2.38. The van der Waals surface area contributed by atoms with Crippen molar-refractivity contribution in [1.29, 1.82) is 0 Å². The maximum Gasteiger partial charge on any atom is 0.270 e. The van der Waals surface area contributed by atoms with Crippen molar-refractivity contribution < 1.29 is 9.59 Å². The highest BCUT2D eigenvalue weighted by Crippen LogP contribution is 2.15. The van der Waals surface area contributed by atoms with Crippen molar-refractivity contribution in [3.05, 3.63) is 23.5 Å². The number of nitrogens with one attached hydrogen (secondary N) is 1. The zero-order valence-corrected chi connectivity index (χ0v) is 12.7. The van der Waals surface area contributed by atoms with E-state index in [1.54, 1.807) is 23.9 Å². The standard InChI is InChI=1S/C13H20N4O2.ClH/c1-8-9(2)17(5-4-15-8)13(19)11-6-10(12(14)18)7-16(11)3;/h6-9,15H,4-5H2,1-3H3,(H2,14,18);1H. The Morgan fingerprint density at radius 1 is 1.40 bits per heavy atom. The molecule has 20 heavy (non-hydrogen) atoms. The van der Waals surface area contributed by atoms with E-state index in [2.05, 4.69) is 12.2 Å². The van der Waals surface area contributed by atoms with Gasteiger partial charge in [0.15, 0.2) is 0 Å². The van der Waals surface area contributed by atoms with Crippen LogP contribution in [0.4, 0.5) is 0 Å². The van der Waals surface area contributed by atoms with E-state index in [4.69, 9.17) is 5.73 Å². The molecule has 112 valence electrons. The summed E-state index contributed by atoms with van der Waals surface area (Å²) in [4.78, 5) is 25.5. The number of halogens is 1. The summed E-state index contributed by atoms with van der Waals surface area (Å²) in [6.45, 7) is 5.53. The molecule has 0 radical (unpaired) electrons. The van der Waals surface area contributed by atoms with Gasteiger partial charge in [0, 0.05) is 38.4 Å². The summed E-state index contributed by atoms with van der Waals surface area (Å²) < 4.78 is 1.65. The van der Waals surface area contributed by atoms with Gasteiger partial charge in [-0.25, -0.2) is 0 Å². The molecular formula is C13H21ClN4O2. The predicted octanol–water partition coefficient (Wildman–Crippen LogP) is 0.368. The van der Waals surface area contributed by atoms with Crippen LogP contribution in [0.15, 0.2) is 12.3 Å². The van der Waals surface area contributed by atoms with Crippen molar-refractivity contribution >= 4 is 24.2 Å². The number of hydrogen-bond donors (Lipinski definition) is 2. The van der Waals surface area contributed by atoms with Gasteiger partial charge in [0.05, 0.1) is 5.56 Å². The molecular weight excluding hydrogens is 280 g/mol. The van der Waals surface area contributed by atoms with Gasteiger partial charge in [-0.15, -0.1) is 12.4 Å². The minimum absolute atomic E-state index is 0. The lowest BCUT2D eigenvalue weighted by molar-refractivity contribution is 0.0593. The third-order valence-electron chi connectivity index (χ3n) is 3.80. The maximum absolute atomic E-state index is 12.5. The Kier molecular flexibility index (Phi) is 5.19. The van der Waals surface area contributed by atoms with Gasteiger partial charge in [0.25, 0.3) is 5.91 Å². The number of aromatic nitrogens is 1. The fourth-order valence-corrected chi connectivity index (χ4v) is 2.40. The molecule has 1 aromatic rings. The minimum atomic E-state index is -0.517. The first-order chi connectivity index (χ1) is 8.91. The number of nitrogens with two attached hydrogens (primary N) is 1. The van der Waals surface area contributed by atoms with E-state index in [-0.39, 0.29) is 30.4 Å². The fraction of sp³-hybridized carbons (Fsp3) is 0.538. The molecule has 1 aliphatic rings. The lowest BCUT2D eigenvalue weighted by Crippen LogP contribution is -2.57. The Labute approximate surface area is 124 Å². The van der Waals surface area contributed by atoms with Gasteiger partial charge in [0.1, 0.15) is 5.69 Å². The van der Waals surface area contributed by atoms with Gasteiger partial charge < -0.3 is 20.5 Å². The van der Waals surface area contributed by atoms with Crippen LogP contribution >= 0.6 is 12.4 Å². The third-order valence-corrected chi connectivity index (χ3v) is 3.80. The number of amides is 2. The number of nitrogens with zero attached hydrogens (tertiary/aromatic N) is 2. The molecule has 3 N–H and O–H groups in total. The van der Waals surface area contributed by atoms with Gasteiger partial charge >= 0.3 is 0 Å². The van der Waals surface area contributed by atoms with Crippen LogP contribution in [0.5, 0.6) is 0 Å². The lowest BCUT2D eigenvalue weighted by atomic mass is 10.1.